The van der Waals surface area contributed by atoms with Crippen molar-refractivity contribution in [3.05, 3.63) is 41.5 Å². The fraction of sp³-hybridized carbons (Fsp3) is 0.375. The highest BCUT2D eigenvalue weighted by Crippen LogP contribution is 2.28. The number of allylic oxidation sites excluding steroid dienone is 2. The average Bonchev–Trinajstić information content (AvgIpc) is 2.41. The maximum atomic E-state index is 12.3. The molecule has 0 radical (unpaired) electrons. The predicted molar refractivity (Wildman–Crippen MR) is 77.5 cm³/mol. The Morgan fingerprint density at radius 2 is 1.80 bits per heavy atom. The SMILES string of the molecule is Cc1ccc(NC(=O)[C@H]2CC=CC[C@H]2C(=O)O)c(C)c1. The minimum absolute atomic E-state index is 0.214. The minimum atomic E-state index is -0.907. The first-order chi connectivity index (χ1) is 9.49. The highest BCUT2D eigenvalue weighted by Gasteiger charge is 2.34. The maximum Gasteiger partial charge on any atom is 0.307 e. The molecule has 2 N–H and O–H groups in total. The lowest BCUT2D eigenvalue weighted by Crippen LogP contribution is -2.34. The molecule has 20 heavy (non-hydrogen) atoms. The highest BCUT2D eigenvalue weighted by molar-refractivity contribution is 5.96. The van der Waals surface area contributed by atoms with E-state index in [0.29, 0.717) is 12.8 Å². The smallest absolute Gasteiger partial charge is 0.307 e. The second-order valence-corrected chi connectivity index (χ2v) is 5.30. The summed E-state index contributed by atoms with van der Waals surface area (Å²) >= 11 is 0. The standard InChI is InChI=1S/C16H19NO3/c1-10-7-8-14(11(2)9-10)17-15(18)12-5-3-4-6-13(12)16(19)20/h3-4,7-9,12-13H,5-6H2,1-2H3,(H,17,18)(H,19,20)/t12-,13+/m0/s1. The van der Waals surface area contributed by atoms with Crippen molar-refractivity contribution in [3.8, 4) is 0 Å². The number of nitrogens with one attached hydrogen (secondary N) is 1. The summed E-state index contributed by atoms with van der Waals surface area (Å²) in [6, 6.07) is 5.78. The zero-order valence-corrected chi connectivity index (χ0v) is 11.7. The summed E-state index contributed by atoms with van der Waals surface area (Å²) in [7, 11) is 0. The molecule has 1 aromatic rings. The van der Waals surface area contributed by atoms with Gasteiger partial charge in [0, 0.05) is 5.69 Å². The number of rotatable bonds is 3. The molecule has 0 aliphatic heterocycles. The van der Waals surface area contributed by atoms with Crippen LogP contribution in [0.2, 0.25) is 0 Å². The van der Waals surface area contributed by atoms with Gasteiger partial charge in [-0.1, -0.05) is 29.8 Å². The second kappa shape index (κ2) is 5.90. The average molecular weight is 273 g/mol. The zero-order chi connectivity index (χ0) is 14.7. The van der Waals surface area contributed by atoms with Crippen LogP contribution in [0.15, 0.2) is 30.4 Å². The van der Waals surface area contributed by atoms with Crippen LogP contribution in [0, 0.1) is 25.7 Å². The zero-order valence-electron chi connectivity index (χ0n) is 11.7. The van der Waals surface area contributed by atoms with Crippen molar-refractivity contribution in [1.29, 1.82) is 0 Å². The number of anilines is 1. The molecule has 0 aromatic heterocycles. The molecule has 106 valence electrons. The van der Waals surface area contributed by atoms with Gasteiger partial charge < -0.3 is 10.4 Å². The van der Waals surface area contributed by atoms with Crippen LogP contribution in [0.4, 0.5) is 5.69 Å². The number of carboxylic acids is 1. The summed E-state index contributed by atoms with van der Waals surface area (Å²) in [5.74, 6) is -2.26. The molecule has 0 bridgehead atoms. The van der Waals surface area contributed by atoms with Gasteiger partial charge in [0.25, 0.3) is 0 Å². The Kier molecular flexibility index (Phi) is 4.23. The lowest BCUT2D eigenvalue weighted by atomic mass is 9.82. The lowest BCUT2D eigenvalue weighted by molar-refractivity contribution is -0.146. The van der Waals surface area contributed by atoms with Crippen LogP contribution in [-0.4, -0.2) is 17.0 Å². The van der Waals surface area contributed by atoms with Gasteiger partial charge in [-0.3, -0.25) is 9.59 Å². The van der Waals surface area contributed by atoms with Gasteiger partial charge in [-0.25, -0.2) is 0 Å². The van der Waals surface area contributed by atoms with Gasteiger partial charge in [0.2, 0.25) is 5.91 Å². The van der Waals surface area contributed by atoms with Crippen LogP contribution in [0.25, 0.3) is 0 Å². The van der Waals surface area contributed by atoms with E-state index in [1.165, 1.54) is 0 Å². The quantitative estimate of drug-likeness (QED) is 0.832. The largest absolute Gasteiger partial charge is 0.481 e. The van der Waals surface area contributed by atoms with Gasteiger partial charge in [-0.05, 0) is 38.3 Å². The van der Waals surface area contributed by atoms with Crippen LogP contribution in [0.3, 0.4) is 0 Å². The van der Waals surface area contributed by atoms with E-state index in [1.807, 2.05) is 44.2 Å². The third kappa shape index (κ3) is 3.07. The van der Waals surface area contributed by atoms with Crippen LogP contribution in [-0.2, 0) is 9.59 Å². The van der Waals surface area contributed by atoms with E-state index in [2.05, 4.69) is 5.32 Å². The van der Waals surface area contributed by atoms with Gasteiger partial charge in [0.15, 0.2) is 0 Å². The summed E-state index contributed by atoms with van der Waals surface area (Å²) in [6.07, 6.45) is 4.61. The van der Waals surface area contributed by atoms with E-state index in [9.17, 15) is 14.7 Å². The van der Waals surface area contributed by atoms with E-state index in [4.69, 9.17) is 0 Å². The third-order valence-electron chi connectivity index (χ3n) is 3.73. The number of aliphatic carboxylic acids is 1. The molecule has 0 saturated carbocycles. The Morgan fingerprint density at radius 1 is 1.15 bits per heavy atom. The van der Waals surface area contributed by atoms with Gasteiger partial charge in [0.1, 0.15) is 0 Å². The second-order valence-electron chi connectivity index (χ2n) is 5.30. The molecule has 0 saturated heterocycles. The minimum Gasteiger partial charge on any atom is -0.481 e. The van der Waals surface area contributed by atoms with E-state index >= 15 is 0 Å². The molecule has 4 nitrogen and oxygen atoms in total. The normalized spacial score (nSPS) is 21.5. The summed E-state index contributed by atoms with van der Waals surface area (Å²) in [5, 5.41) is 12.1. The molecule has 0 fully saturated rings. The maximum absolute atomic E-state index is 12.3. The molecule has 1 amide bonds. The molecule has 0 spiro atoms. The van der Waals surface area contributed by atoms with Crippen molar-refractivity contribution >= 4 is 17.6 Å². The molecule has 4 heteroatoms. The molecular formula is C16H19NO3. The summed E-state index contributed by atoms with van der Waals surface area (Å²) in [6.45, 7) is 3.92. The highest BCUT2D eigenvalue weighted by atomic mass is 16.4. The first kappa shape index (κ1) is 14.3. The van der Waals surface area contributed by atoms with Gasteiger partial charge >= 0.3 is 5.97 Å². The monoisotopic (exact) mass is 273 g/mol. The van der Waals surface area contributed by atoms with E-state index in [1.54, 1.807) is 0 Å². The number of carbonyl (C=O) groups excluding carboxylic acids is 1. The predicted octanol–water partition coefficient (Wildman–Crippen LogP) is 2.91. The van der Waals surface area contributed by atoms with Crippen LogP contribution >= 0.6 is 0 Å². The Hall–Kier alpha value is -2.10. The third-order valence-corrected chi connectivity index (χ3v) is 3.73. The first-order valence-electron chi connectivity index (χ1n) is 6.75. The number of hydrogen-bond acceptors (Lipinski definition) is 2. The van der Waals surface area contributed by atoms with E-state index < -0.39 is 17.8 Å². The van der Waals surface area contributed by atoms with Gasteiger partial charge in [0.05, 0.1) is 11.8 Å². The van der Waals surface area contributed by atoms with Crippen molar-refractivity contribution in [2.24, 2.45) is 11.8 Å². The molecule has 1 aliphatic carbocycles. The van der Waals surface area contributed by atoms with Crippen molar-refractivity contribution < 1.29 is 14.7 Å². The van der Waals surface area contributed by atoms with Crippen molar-refractivity contribution in [1.82, 2.24) is 0 Å². The molecule has 1 aromatic carbocycles. The number of aryl methyl sites for hydroxylation is 2. The molecule has 0 heterocycles. The Bertz CT molecular complexity index is 563. The lowest BCUT2D eigenvalue weighted by Gasteiger charge is -2.24. The van der Waals surface area contributed by atoms with Crippen LogP contribution in [0.1, 0.15) is 24.0 Å². The summed E-state index contributed by atoms with van der Waals surface area (Å²) < 4.78 is 0. The van der Waals surface area contributed by atoms with Crippen molar-refractivity contribution in [3.63, 3.8) is 0 Å². The molecule has 0 unspecified atom stereocenters. The molecule has 1 aliphatic rings. The number of benzene rings is 1. The number of carbonyl (C=O) groups is 2. The molecule has 2 atom stereocenters. The van der Waals surface area contributed by atoms with Crippen LogP contribution in [0.5, 0.6) is 0 Å². The van der Waals surface area contributed by atoms with Gasteiger partial charge in [-0.15, -0.1) is 0 Å². The summed E-state index contributed by atoms with van der Waals surface area (Å²) in [4.78, 5) is 23.5. The van der Waals surface area contributed by atoms with E-state index in [0.717, 1.165) is 16.8 Å². The number of amides is 1. The summed E-state index contributed by atoms with van der Waals surface area (Å²) in [5.41, 5.74) is 2.86. The van der Waals surface area contributed by atoms with Crippen molar-refractivity contribution in [2.75, 3.05) is 5.32 Å². The Balaban J connectivity index is 2.14. The topological polar surface area (TPSA) is 66.4 Å². The number of carboxylic acid groups (broad SMARTS) is 1. The fourth-order valence-corrected chi connectivity index (χ4v) is 2.56. The number of hydrogen-bond donors (Lipinski definition) is 2. The van der Waals surface area contributed by atoms with E-state index in [-0.39, 0.29) is 5.91 Å². The van der Waals surface area contributed by atoms with Gasteiger partial charge in [-0.2, -0.15) is 0 Å². The van der Waals surface area contributed by atoms with Crippen molar-refractivity contribution in [2.45, 2.75) is 26.7 Å². The Morgan fingerprint density at radius 3 is 2.40 bits per heavy atom. The first-order valence-corrected chi connectivity index (χ1v) is 6.75. The Labute approximate surface area is 118 Å². The fourth-order valence-electron chi connectivity index (χ4n) is 2.56. The van der Waals surface area contributed by atoms with Crippen LogP contribution < -0.4 is 5.32 Å². The molecular weight excluding hydrogens is 254 g/mol. The molecule has 2 rings (SSSR count).